The number of likely N-dealkylation sites (N-methyl/N-ethyl adjacent to an activating group) is 1. The zero-order valence-electron chi connectivity index (χ0n) is 45.9. The molecule has 3 aliphatic rings. The van der Waals surface area contributed by atoms with Crippen LogP contribution in [0.1, 0.15) is 116 Å². The Hall–Kier alpha value is -1.11. The molecule has 18 atom stereocenters. The molecule has 3 aliphatic heterocycles. The Bertz CT molecular complexity index is 1590. The first-order valence-electron chi connectivity index (χ1n) is 24.9. The van der Waals surface area contributed by atoms with Crippen LogP contribution in [0.3, 0.4) is 0 Å². The van der Waals surface area contributed by atoms with Crippen LogP contribution in [0.2, 0.25) is 39.3 Å². The Balaban J connectivity index is 2.39. The third-order valence-corrected chi connectivity index (χ3v) is 16.0. The minimum absolute atomic E-state index is 0.0381. The summed E-state index contributed by atoms with van der Waals surface area (Å²) in [7, 11) is 3.16. The zero-order valence-corrected chi connectivity index (χ0v) is 47.9. The van der Waals surface area contributed by atoms with Crippen LogP contribution >= 0.6 is 0 Å². The highest BCUT2D eigenvalue weighted by Gasteiger charge is 2.55. The lowest BCUT2D eigenvalue weighted by Gasteiger charge is -2.51. The maximum atomic E-state index is 14.8. The van der Waals surface area contributed by atoms with E-state index in [2.05, 4.69) is 44.2 Å². The Morgan fingerprint density at radius 2 is 1.39 bits per heavy atom. The second-order valence-electron chi connectivity index (χ2n) is 23.1. The molecule has 0 aromatic rings. The number of rotatable bonds is 16. The van der Waals surface area contributed by atoms with Gasteiger partial charge in [-0.1, -0.05) is 32.9 Å². The summed E-state index contributed by atoms with van der Waals surface area (Å²) in [5.41, 5.74) is -3.43. The Morgan fingerprint density at radius 3 is 1.90 bits per heavy atom. The quantitative estimate of drug-likeness (QED) is 0.0665. The van der Waals surface area contributed by atoms with Crippen LogP contribution in [0.4, 0.5) is 0 Å². The molecule has 0 spiro atoms. The lowest BCUT2D eigenvalue weighted by molar-refractivity contribution is -0.316. The molecule has 67 heavy (non-hydrogen) atoms. The number of methoxy groups -OCH3 is 2. The minimum Gasteiger partial charge on any atom is -0.459 e. The highest BCUT2D eigenvalue weighted by molar-refractivity contribution is 6.70. The number of carbonyl (C=O) groups is 1. The summed E-state index contributed by atoms with van der Waals surface area (Å²) in [6, 6.07) is -0.0381. The fourth-order valence-electron chi connectivity index (χ4n) is 10.4. The van der Waals surface area contributed by atoms with Crippen LogP contribution in [-0.4, -0.2) is 168 Å². The molecule has 3 rings (SSSR count). The number of oxime groups is 1. The van der Waals surface area contributed by atoms with Gasteiger partial charge in [0.05, 0.1) is 59.5 Å². The molecule has 3 saturated heterocycles. The van der Waals surface area contributed by atoms with Gasteiger partial charge in [0.1, 0.15) is 17.8 Å². The van der Waals surface area contributed by atoms with Gasteiger partial charge >= 0.3 is 5.97 Å². The molecule has 0 bridgehead atoms. The van der Waals surface area contributed by atoms with E-state index in [1.54, 1.807) is 48.8 Å². The molecule has 3 fully saturated rings. The molecule has 0 amide bonds. The highest BCUT2D eigenvalue weighted by Crippen LogP contribution is 2.43. The summed E-state index contributed by atoms with van der Waals surface area (Å²) in [5, 5.41) is 29.2. The smallest absolute Gasteiger partial charge is 0.311 e. The van der Waals surface area contributed by atoms with Gasteiger partial charge in [0.25, 0.3) is 0 Å². The van der Waals surface area contributed by atoms with E-state index in [0.29, 0.717) is 18.7 Å². The van der Waals surface area contributed by atoms with Crippen molar-refractivity contribution in [1.29, 1.82) is 0 Å². The molecule has 0 unspecified atom stereocenters. The van der Waals surface area contributed by atoms with Crippen molar-refractivity contribution >= 4 is 28.3 Å². The van der Waals surface area contributed by atoms with Gasteiger partial charge in [0.2, 0.25) is 5.79 Å². The molecule has 18 heteroatoms. The molecule has 2 N–H and O–H groups in total. The average molecular weight is 993 g/mol. The summed E-state index contributed by atoms with van der Waals surface area (Å²) in [6.07, 6.45) is -5.99. The molecule has 16 nitrogen and oxygen atoms in total. The summed E-state index contributed by atoms with van der Waals surface area (Å²) in [4.78, 5) is 23.1. The van der Waals surface area contributed by atoms with Gasteiger partial charge in [0, 0.05) is 64.9 Å². The fraction of sp³-hybridized carbons (Fsp3) is 0.959. The van der Waals surface area contributed by atoms with E-state index in [-0.39, 0.29) is 31.1 Å². The average Bonchev–Trinajstić information content (AvgIpc) is 3.20. The Morgan fingerprint density at radius 1 is 0.821 bits per heavy atom. The monoisotopic (exact) mass is 993 g/mol. The summed E-state index contributed by atoms with van der Waals surface area (Å²) >= 11 is 0. The van der Waals surface area contributed by atoms with Gasteiger partial charge in [-0.05, 0) is 121 Å². The minimum atomic E-state index is -2.20. The van der Waals surface area contributed by atoms with Crippen LogP contribution in [0, 0.1) is 23.7 Å². The SMILES string of the molecule is CCOC(C)(C)ON=C1[C@H](C)C[C@@](C)(OC)[C@H](O[C@@H]2O[C@H](C)C[C@H](N(C)C)[C@H]2O[Si](C)(C)C)[C@@H](C)[C@H](O[C@H]2C[C@@](C)(OC)[C@@H](O[Si](C)(C)C)[C@H](C)O2)[C@@H](C)C(=O)O[C@H](CC)[C@@](C)(O)[C@H](O)[C@H]1C. The van der Waals surface area contributed by atoms with Crippen molar-refractivity contribution in [3.8, 4) is 0 Å². The zero-order chi connectivity index (χ0) is 51.4. The molecular weight excluding hydrogens is 897 g/mol. The van der Waals surface area contributed by atoms with Crippen molar-refractivity contribution < 1.29 is 66.6 Å². The van der Waals surface area contributed by atoms with E-state index in [9.17, 15) is 15.0 Å². The molecule has 3 heterocycles. The largest absolute Gasteiger partial charge is 0.459 e. The van der Waals surface area contributed by atoms with E-state index >= 15 is 0 Å². The lowest BCUT2D eigenvalue weighted by atomic mass is 9.73. The lowest BCUT2D eigenvalue weighted by Crippen LogP contribution is -2.63. The normalized spacial score (nSPS) is 42.1. The van der Waals surface area contributed by atoms with Crippen molar-refractivity contribution in [2.75, 3.05) is 34.9 Å². The number of aliphatic hydroxyl groups is 2. The van der Waals surface area contributed by atoms with Crippen LogP contribution in [0.25, 0.3) is 0 Å². The van der Waals surface area contributed by atoms with Crippen LogP contribution in [0.15, 0.2) is 5.16 Å². The van der Waals surface area contributed by atoms with E-state index in [0.717, 1.165) is 6.42 Å². The van der Waals surface area contributed by atoms with Crippen LogP contribution in [0.5, 0.6) is 0 Å². The second kappa shape index (κ2) is 23.6. The Kier molecular flexibility index (Phi) is 21.2. The van der Waals surface area contributed by atoms with Gasteiger partial charge in [-0.15, -0.1) is 0 Å². The molecule has 0 aromatic heterocycles. The van der Waals surface area contributed by atoms with Crippen LogP contribution < -0.4 is 0 Å². The molecule has 394 valence electrons. The number of carbonyl (C=O) groups excluding carboxylic acids is 1. The molecule has 0 aliphatic carbocycles. The van der Waals surface area contributed by atoms with Gasteiger partial charge in [-0.2, -0.15) is 0 Å². The Labute approximate surface area is 407 Å². The van der Waals surface area contributed by atoms with Crippen molar-refractivity contribution in [3.63, 3.8) is 0 Å². The first-order valence-corrected chi connectivity index (χ1v) is 31.7. The van der Waals surface area contributed by atoms with Gasteiger partial charge < -0.3 is 66.7 Å². The number of hydrogen-bond acceptors (Lipinski definition) is 16. The number of nitrogens with zero attached hydrogens (tertiary/aromatic N) is 2. The summed E-state index contributed by atoms with van der Waals surface area (Å²) in [6.45, 7) is 37.5. The number of hydrogen-bond donors (Lipinski definition) is 2. The second-order valence-corrected chi connectivity index (χ2v) is 32.0. The van der Waals surface area contributed by atoms with Crippen molar-refractivity contribution in [2.45, 2.75) is 245 Å². The molecule has 0 aromatic carbocycles. The number of esters is 1. The number of cyclic esters (lactones) is 1. The number of aliphatic hydroxyl groups excluding tert-OH is 1. The predicted molar refractivity (Wildman–Crippen MR) is 265 cm³/mol. The highest BCUT2D eigenvalue weighted by atomic mass is 28.4. The molecule has 0 radical (unpaired) electrons. The van der Waals surface area contributed by atoms with E-state index < -0.39 is 118 Å². The van der Waals surface area contributed by atoms with Crippen molar-refractivity contribution in [1.82, 2.24) is 4.90 Å². The first kappa shape index (κ1) is 60.2. The molecular formula is C49H96N2O14Si2. The van der Waals surface area contributed by atoms with Crippen LogP contribution in [-0.2, 0) is 56.4 Å². The first-order chi connectivity index (χ1) is 30.6. The van der Waals surface area contributed by atoms with Gasteiger partial charge in [-0.3, -0.25) is 4.79 Å². The van der Waals surface area contributed by atoms with E-state index in [4.69, 9.17) is 56.7 Å². The van der Waals surface area contributed by atoms with E-state index in [1.165, 1.54) is 6.92 Å². The van der Waals surface area contributed by atoms with Crippen molar-refractivity contribution in [3.05, 3.63) is 0 Å². The topological polar surface area (TPSA) is 175 Å². The predicted octanol–water partition coefficient (Wildman–Crippen LogP) is 7.73. The number of ether oxygens (including phenoxy) is 8. The standard InChI is InChI=1S/C49H96N2O14Si2/c1-24-36-49(13,54)41(52)31(5)38(50-65-46(9,10)57-25-2)29(3)27-47(11,55-16)42(62-45-40(63-66(18,19)20)35(51(14)15)26-30(4)58-45)32(6)39(33(7)44(53)60-36)61-37-28-48(12,56-17)43(34(8)59-37)64-67(21,22)23/h29-37,39-43,45,52,54H,24-28H2,1-23H3/t29-,30-,31+,32+,33-,34+,35+,36-,37+,39+,40-,41-,42-,43+,45+,47-,48-,49-/m1/s1. The summed E-state index contributed by atoms with van der Waals surface area (Å²) in [5.74, 6) is -4.57. The van der Waals surface area contributed by atoms with Gasteiger partial charge in [-0.25, -0.2) is 0 Å². The third-order valence-electron chi connectivity index (χ3n) is 14.1. The maximum absolute atomic E-state index is 14.8. The van der Waals surface area contributed by atoms with E-state index in [1.807, 2.05) is 62.6 Å². The summed E-state index contributed by atoms with van der Waals surface area (Å²) < 4.78 is 66.8. The fourth-order valence-corrected chi connectivity index (χ4v) is 12.7. The third kappa shape index (κ3) is 15.5. The maximum Gasteiger partial charge on any atom is 0.311 e. The molecule has 0 saturated carbocycles. The van der Waals surface area contributed by atoms with Crippen molar-refractivity contribution in [2.24, 2.45) is 28.8 Å². The van der Waals surface area contributed by atoms with Gasteiger partial charge in [0.15, 0.2) is 29.2 Å².